The first-order valence-corrected chi connectivity index (χ1v) is 5.40. The van der Waals surface area contributed by atoms with Crippen molar-refractivity contribution in [2.24, 2.45) is 5.92 Å². The summed E-state index contributed by atoms with van der Waals surface area (Å²) in [6, 6.07) is 0. The highest BCUT2D eigenvalue weighted by Gasteiger charge is 2.35. The highest BCUT2D eigenvalue weighted by molar-refractivity contribution is 6.32. The van der Waals surface area contributed by atoms with Crippen LogP contribution < -0.4 is 4.74 Å². The van der Waals surface area contributed by atoms with Gasteiger partial charge in [0.1, 0.15) is 11.3 Å². The standard InChI is InChI=1S/C11H11ClFNO2/c1-16-11-9(12)8(13)4-14-10(11)7(5-15)6-2-3-6/h4-7H,2-3H2,1H3. The lowest BCUT2D eigenvalue weighted by atomic mass is 10.00. The van der Waals surface area contributed by atoms with Gasteiger partial charge in [0.15, 0.2) is 11.6 Å². The monoisotopic (exact) mass is 243 g/mol. The van der Waals surface area contributed by atoms with Crippen LogP contribution >= 0.6 is 11.6 Å². The quantitative estimate of drug-likeness (QED) is 0.763. The Hall–Kier alpha value is -1.16. The molecule has 2 rings (SSSR count). The van der Waals surface area contributed by atoms with Crippen LogP contribution in [0.2, 0.25) is 5.02 Å². The number of halogens is 2. The molecule has 0 spiro atoms. The third-order valence-corrected chi connectivity index (χ3v) is 3.11. The fraction of sp³-hybridized carbons (Fsp3) is 0.455. The molecule has 1 aliphatic carbocycles. The predicted octanol–water partition coefficient (Wildman–Crippen LogP) is 2.58. The summed E-state index contributed by atoms with van der Waals surface area (Å²) in [6.07, 6.45) is 3.84. The van der Waals surface area contributed by atoms with E-state index in [4.69, 9.17) is 16.3 Å². The van der Waals surface area contributed by atoms with Gasteiger partial charge in [0, 0.05) is 0 Å². The van der Waals surface area contributed by atoms with Crippen molar-refractivity contribution >= 4 is 17.9 Å². The molecule has 0 aromatic carbocycles. The molecule has 1 atom stereocenters. The number of nitrogens with zero attached hydrogens (tertiary/aromatic N) is 1. The Morgan fingerprint density at radius 2 is 2.38 bits per heavy atom. The van der Waals surface area contributed by atoms with Crippen LogP contribution in [0.5, 0.6) is 5.75 Å². The Balaban J connectivity index is 2.46. The molecule has 1 aliphatic rings. The molecule has 0 aliphatic heterocycles. The van der Waals surface area contributed by atoms with Crippen LogP contribution in [0.25, 0.3) is 0 Å². The smallest absolute Gasteiger partial charge is 0.163 e. The van der Waals surface area contributed by atoms with Gasteiger partial charge in [0.2, 0.25) is 0 Å². The number of carbonyl (C=O) groups is 1. The molecule has 0 radical (unpaired) electrons. The maximum Gasteiger partial charge on any atom is 0.163 e. The molecule has 5 heteroatoms. The van der Waals surface area contributed by atoms with Gasteiger partial charge < -0.3 is 9.53 Å². The molecule has 16 heavy (non-hydrogen) atoms. The van der Waals surface area contributed by atoms with E-state index in [0.717, 1.165) is 25.3 Å². The number of ether oxygens (including phenoxy) is 1. The van der Waals surface area contributed by atoms with E-state index in [1.807, 2.05) is 0 Å². The van der Waals surface area contributed by atoms with Crippen molar-refractivity contribution in [1.29, 1.82) is 0 Å². The van der Waals surface area contributed by atoms with Crippen LogP contribution in [-0.2, 0) is 4.79 Å². The molecule has 1 fully saturated rings. The third kappa shape index (κ3) is 1.89. The van der Waals surface area contributed by atoms with Gasteiger partial charge in [-0.15, -0.1) is 0 Å². The molecular formula is C11H11ClFNO2. The average molecular weight is 244 g/mol. The minimum Gasteiger partial charge on any atom is -0.493 e. The van der Waals surface area contributed by atoms with Gasteiger partial charge in [-0.05, 0) is 18.8 Å². The first-order chi connectivity index (χ1) is 7.69. The van der Waals surface area contributed by atoms with Crippen LogP contribution in [0.1, 0.15) is 24.5 Å². The van der Waals surface area contributed by atoms with Gasteiger partial charge in [0.25, 0.3) is 0 Å². The van der Waals surface area contributed by atoms with Crippen molar-refractivity contribution in [2.45, 2.75) is 18.8 Å². The maximum absolute atomic E-state index is 13.2. The first-order valence-electron chi connectivity index (χ1n) is 5.02. The summed E-state index contributed by atoms with van der Waals surface area (Å²) >= 11 is 5.77. The number of methoxy groups -OCH3 is 1. The predicted molar refractivity (Wildman–Crippen MR) is 57.3 cm³/mol. The van der Waals surface area contributed by atoms with Crippen LogP contribution in [0, 0.1) is 11.7 Å². The van der Waals surface area contributed by atoms with Gasteiger partial charge in [-0.1, -0.05) is 11.6 Å². The fourth-order valence-electron chi connectivity index (χ4n) is 1.75. The van der Waals surface area contributed by atoms with E-state index in [1.54, 1.807) is 0 Å². The molecule has 1 heterocycles. The van der Waals surface area contributed by atoms with E-state index in [0.29, 0.717) is 11.6 Å². The topological polar surface area (TPSA) is 39.2 Å². The third-order valence-electron chi connectivity index (χ3n) is 2.76. The molecule has 0 amide bonds. The van der Waals surface area contributed by atoms with Gasteiger partial charge in [-0.2, -0.15) is 0 Å². The highest BCUT2D eigenvalue weighted by Crippen LogP contribution is 2.45. The second kappa shape index (κ2) is 4.37. The Morgan fingerprint density at radius 3 is 2.88 bits per heavy atom. The fourth-order valence-corrected chi connectivity index (χ4v) is 1.97. The normalized spacial score (nSPS) is 16.9. The van der Waals surface area contributed by atoms with E-state index in [2.05, 4.69) is 4.98 Å². The second-order valence-electron chi connectivity index (χ2n) is 3.84. The van der Waals surface area contributed by atoms with Crippen LogP contribution in [0.4, 0.5) is 4.39 Å². The summed E-state index contributed by atoms with van der Waals surface area (Å²) in [5.41, 5.74) is 0.436. The minimum absolute atomic E-state index is 0.111. The Morgan fingerprint density at radius 1 is 1.69 bits per heavy atom. The van der Waals surface area contributed by atoms with Crippen LogP contribution in [0.15, 0.2) is 6.20 Å². The largest absolute Gasteiger partial charge is 0.493 e. The van der Waals surface area contributed by atoms with Crippen LogP contribution in [0.3, 0.4) is 0 Å². The lowest BCUT2D eigenvalue weighted by Crippen LogP contribution is -2.08. The highest BCUT2D eigenvalue weighted by atomic mass is 35.5. The Bertz CT molecular complexity index is 421. The molecule has 86 valence electrons. The second-order valence-corrected chi connectivity index (χ2v) is 4.22. The zero-order chi connectivity index (χ0) is 11.7. The molecule has 0 N–H and O–H groups in total. The van der Waals surface area contributed by atoms with E-state index in [1.165, 1.54) is 7.11 Å². The summed E-state index contributed by atoms with van der Waals surface area (Å²) in [7, 11) is 1.39. The lowest BCUT2D eigenvalue weighted by molar-refractivity contribution is -0.109. The first kappa shape index (κ1) is 11.3. The molecule has 1 aromatic rings. The van der Waals surface area contributed by atoms with Gasteiger partial charge in [-0.3, -0.25) is 4.98 Å². The molecule has 3 nitrogen and oxygen atoms in total. The summed E-state index contributed by atoms with van der Waals surface area (Å²) in [5.74, 6) is -0.512. The molecular weight excluding hydrogens is 233 g/mol. The zero-order valence-corrected chi connectivity index (χ0v) is 9.50. The van der Waals surface area contributed by atoms with Gasteiger partial charge in [-0.25, -0.2) is 4.39 Å². The lowest BCUT2D eigenvalue weighted by Gasteiger charge is -2.14. The maximum atomic E-state index is 13.2. The van der Waals surface area contributed by atoms with Crippen LogP contribution in [-0.4, -0.2) is 18.4 Å². The summed E-state index contributed by atoms with van der Waals surface area (Å²) in [4.78, 5) is 14.9. The molecule has 0 bridgehead atoms. The van der Waals surface area contributed by atoms with Crippen molar-refractivity contribution in [2.75, 3.05) is 7.11 Å². The number of hydrogen-bond acceptors (Lipinski definition) is 3. The van der Waals surface area contributed by atoms with E-state index in [9.17, 15) is 9.18 Å². The minimum atomic E-state index is -0.636. The van der Waals surface area contributed by atoms with E-state index >= 15 is 0 Å². The number of carbonyl (C=O) groups excluding carboxylic acids is 1. The van der Waals surface area contributed by atoms with E-state index < -0.39 is 5.82 Å². The summed E-state index contributed by atoms with van der Waals surface area (Å²) < 4.78 is 18.2. The Labute approximate surface area is 97.6 Å². The SMILES string of the molecule is COc1c(C(C=O)C2CC2)ncc(F)c1Cl. The van der Waals surface area contributed by atoms with Gasteiger partial charge in [0.05, 0.1) is 24.9 Å². The molecule has 1 aromatic heterocycles. The number of rotatable bonds is 4. The number of aromatic nitrogens is 1. The van der Waals surface area contributed by atoms with E-state index in [-0.39, 0.29) is 16.7 Å². The number of hydrogen-bond donors (Lipinski definition) is 0. The number of pyridine rings is 1. The summed E-state index contributed by atoms with van der Waals surface area (Å²) in [6.45, 7) is 0. The Kier molecular flexibility index (Phi) is 3.10. The molecule has 1 saturated carbocycles. The van der Waals surface area contributed by atoms with Crippen molar-refractivity contribution in [3.05, 3.63) is 22.7 Å². The number of aldehydes is 1. The van der Waals surface area contributed by atoms with Crippen molar-refractivity contribution in [3.63, 3.8) is 0 Å². The zero-order valence-electron chi connectivity index (χ0n) is 8.74. The van der Waals surface area contributed by atoms with Crippen molar-refractivity contribution in [1.82, 2.24) is 4.98 Å². The van der Waals surface area contributed by atoms with Gasteiger partial charge >= 0.3 is 0 Å². The average Bonchev–Trinajstić information content (AvgIpc) is 3.09. The molecule has 1 unspecified atom stereocenters. The molecule has 0 saturated heterocycles. The summed E-state index contributed by atoms with van der Waals surface area (Å²) in [5, 5.41) is -0.111. The van der Waals surface area contributed by atoms with Crippen molar-refractivity contribution in [3.8, 4) is 5.75 Å². The van der Waals surface area contributed by atoms with Crippen molar-refractivity contribution < 1.29 is 13.9 Å².